The van der Waals surface area contributed by atoms with E-state index in [2.05, 4.69) is 10.4 Å². The van der Waals surface area contributed by atoms with Gasteiger partial charge < -0.3 is 5.11 Å². The predicted octanol–water partition coefficient (Wildman–Crippen LogP) is -0.0138. The first kappa shape index (κ1) is 11.1. The molecule has 0 spiro atoms. The molecule has 80 valence electrons. The fourth-order valence-electron chi connectivity index (χ4n) is 0.956. The van der Waals surface area contributed by atoms with Crippen molar-refractivity contribution in [3.05, 3.63) is 29.6 Å². The van der Waals surface area contributed by atoms with Crippen molar-refractivity contribution < 1.29 is 14.7 Å². The van der Waals surface area contributed by atoms with Crippen molar-refractivity contribution in [3.8, 4) is 0 Å². The van der Waals surface area contributed by atoms with Gasteiger partial charge >= 0.3 is 5.97 Å². The summed E-state index contributed by atoms with van der Waals surface area (Å²) < 4.78 is 0. The molecule has 0 aliphatic carbocycles. The molecule has 0 saturated carbocycles. The van der Waals surface area contributed by atoms with Gasteiger partial charge in [-0.25, -0.2) is 14.8 Å². The Balaban J connectivity index is 2.90. The summed E-state index contributed by atoms with van der Waals surface area (Å²) in [6, 6.07) is 2.67. The highest BCUT2D eigenvalue weighted by Gasteiger charge is 2.10. The first-order chi connectivity index (χ1) is 7.00. The topological polar surface area (TPSA) is 82.5 Å². The van der Waals surface area contributed by atoms with E-state index in [1.807, 2.05) is 0 Å². The van der Waals surface area contributed by atoms with E-state index < -0.39 is 5.97 Å². The van der Waals surface area contributed by atoms with E-state index in [1.54, 1.807) is 14.1 Å². The summed E-state index contributed by atoms with van der Waals surface area (Å²) in [6.45, 7) is 0. The lowest BCUT2D eigenvalue weighted by molar-refractivity contribution is 0.0690. The van der Waals surface area contributed by atoms with Crippen LogP contribution in [-0.2, 0) is 0 Å². The van der Waals surface area contributed by atoms with Gasteiger partial charge in [-0.3, -0.25) is 10.2 Å². The number of carbonyl (C=O) groups excluding carboxylic acids is 1. The molecular weight excluding hydrogens is 198 g/mol. The van der Waals surface area contributed by atoms with E-state index >= 15 is 0 Å². The zero-order valence-electron chi connectivity index (χ0n) is 8.39. The lowest BCUT2D eigenvalue weighted by Crippen LogP contribution is -2.36. The summed E-state index contributed by atoms with van der Waals surface area (Å²) in [5, 5.41) is 10.1. The van der Waals surface area contributed by atoms with Crippen LogP contribution in [0.25, 0.3) is 0 Å². The maximum atomic E-state index is 11.5. The number of nitrogens with zero attached hydrogens (tertiary/aromatic N) is 2. The molecule has 6 heteroatoms. The fourth-order valence-corrected chi connectivity index (χ4v) is 0.956. The Morgan fingerprint density at radius 2 is 2.13 bits per heavy atom. The third-order valence-corrected chi connectivity index (χ3v) is 1.57. The molecular formula is C9H11N3O3. The number of aromatic carboxylic acids is 1. The van der Waals surface area contributed by atoms with Gasteiger partial charge in [0.1, 0.15) is 5.69 Å². The number of rotatable bonds is 3. The maximum absolute atomic E-state index is 11.5. The molecule has 0 unspecified atom stereocenters. The molecule has 0 radical (unpaired) electrons. The molecule has 15 heavy (non-hydrogen) atoms. The number of carboxylic acids is 1. The summed E-state index contributed by atoms with van der Waals surface area (Å²) in [6.07, 6.45) is 1.29. The number of hydrogen-bond acceptors (Lipinski definition) is 4. The molecule has 0 atom stereocenters. The molecule has 0 fully saturated rings. The maximum Gasteiger partial charge on any atom is 0.354 e. The standard InChI is InChI=1S/C9H11N3O3/c1-12(2)11-8(13)6-3-4-10-7(5-6)9(14)15/h3-5H,1-2H3,(H,11,13)(H,14,15). The van der Waals surface area contributed by atoms with E-state index in [0.29, 0.717) is 0 Å². The molecule has 6 nitrogen and oxygen atoms in total. The Bertz CT molecular complexity index is 390. The predicted molar refractivity (Wildman–Crippen MR) is 52.3 cm³/mol. The first-order valence-electron chi connectivity index (χ1n) is 4.18. The van der Waals surface area contributed by atoms with E-state index in [9.17, 15) is 9.59 Å². The Morgan fingerprint density at radius 3 is 2.67 bits per heavy atom. The summed E-state index contributed by atoms with van der Waals surface area (Å²) >= 11 is 0. The molecule has 0 aromatic carbocycles. The second-order valence-electron chi connectivity index (χ2n) is 3.07. The third-order valence-electron chi connectivity index (χ3n) is 1.57. The van der Waals surface area contributed by atoms with Crippen LogP contribution < -0.4 is 5.43 Å². The van der Waals surface area contributed by atoms with Crippen molar-refractivity contribution >= 4 is 11.9 Å². The second kappa shape index (κ2) is 4.52. The molecule has 0 bridgehead atoms. The van der Waals surface area contributed by atoms with Crippen LogP contribution in [0.2, 0.25) is 0 Å². The lowest BCUT2D eigenvalue weighted by atomic mass is 10.2. The molecule has 1 aromatic heterocycles. The molecule has 1 rings (SSSR count). The number of nitrogens with one attached hydrogen (secondary N) is 1. The van der Waals surface area contributed by atoms with Crippen LogP contribution in [-0.4, -0.2) is 41.1 Å². The van der Waals surface area contributed by atoms with E-state index in [-0.39, 0.29) is 17.2 Å². The minimum absolute atomic E-state index is 0.151. The van der Waals surface area contributed by atoms with Crippen molar-refractivity contribution in [2.24, 2.45) is 0 Å². The van der Waals surface area contributed by atoms with Crippen LogP contribution in [0.4, 0.5) is 0 Å². The number of carboxylic acid groups (broad SMARTS) is 1. The van der Waals surface area contributed by atoms with E-state index in [0.717, 1.165) is 0 Å². The Kier molecular flexibility index (Phi) is 3.35. The number of carbonyl (C=O) groups is 2. The van der Waals surface area contributed by atoms with E-state index in [1.165, 1.54) is 23.3 Å². The third kappa shape index (κ3) is 3.03. The number of aromatic nitrogens is 1. The van der Waals surface area contributed by atoms with Crippen molar-refractivity contribution in [2.45, 2.75) is 0 Å². The van der Waals surface area contributed by atoms with Crippen molar-refractivity contribution in [1.29, 1.82) is 0 Å². The molecule has 1 aromatic rings. The zero-order valence-corrected chi connectivity index (χ0v) is 8.39. The number of hydrogen-bond donors (Lipinski definition) is 2. The quantitative estimate of drug-likeness (QED) is 0.684. The normalized spacial score (nSPS) is 10.1. The van der Waals surface area contributed by atoms with Crippen LogP contribution in [0, 0.1) is 0 Å². The van der Waals surface area contributed by atoms with Crippen LogP contribution in [0.1, 0.15) is 20.8 Å². The first-order valence-corrected chi connectivity index (χ1v) is 4.18. The average molecular weight is 209 g/mol. The van der Waals surface area contributed by atoms with Crippen molar-refractivity contribution in [2.75, 3.05) is 14.1 Å². The van der Waals surface area contributed by atoms with Gasteiger partial charge in [0, 0.05) is 25.9 Å². The highest BCUT2D eigenvalue weighted by atomic mass is 16.4. The molecule has 2 N–H and O–H groups in total. The van der Waals surface area contributed by atoms with Crippen molar-refractivity contribution in [3.63, 3.8) is 0 Å². The van der Waals surface area contributed by atoms with Gasteiger partial charge in [-0.05, 0) is 12.1 Å². The highest BCUT2D eigenvalue weighted by Crippen LogP contribution is 2.01. The minimum atomic E-state index is -1.16. The summed E-state index contributed by atoms with van der Waals surface area (Å²) in [7, 11) is 3.33. The monoisotopic (exact) mass is 209 g/mol. The van der Waals surface area contributed by atoms with Gasteiger partial charge in [0.2, 0.25) is 0 Å². The highest BCUT2D eigenvalue weighted by molar-refractivity contribution is 5.96. The SMILES string of the molecule is CN(C)NC(=O)c1ccnc(C(=O)O)c1. The fraction of sp³-hybridized carbons (Fsp3) is 0.222. The van der Waals surface area contributed by atoms with Crippen LogP contribution in [0.15, 0.2) is 18.3 Å². The van der Waals surface area contributed by atoms with Gasteiger partial charge in [-0.2, -0.15) is 0 Å². The number of hydrazine groups is 1. The lowest BCUT2D eigenvalue weighted by Gasteiger charge is -2.11. The summed E-state index contributed by atoms with van der Waals surface area (Å²) in [5.74, 6) is -1.53. The summed E-state index contributed by atoms with van der Waals surface area (Å²) in [5.41, 5.74) is 2.61. The van der Waals surface area contributed by atoms with Crippen LogP contribution in [0.5, 0.6) is 0 Å². The van der Waals surface area contributed by atoms with Gasteiger partial charge in [-0.15, -0.1) is 0 Å². The van der Waals surface area contributed by atoms with Gasteiger partial charge in [0.05, 0.1) is 0 Å². The molecule has 1 heterocycles. The van der Waals surface area contributed by atoms with E-state index in [4.69, 9.17) is 5.11 Å². The molecule has 0 aliphatic rings. The average Bonchev–Trinajstić information content (AvgIpc) is 2.17. The molecule has 0 saturated heterocycles. The number of pyridine rings is 1. The van der Waals surface area contributed by atoms with Crippen molar-refractivity contribution in [1.82, 2.24) is 15.4 Å². The summed E-state index contributed by atoms with van der Waals surface area (Å²) in [4.78, 5) is 25.7. The Hall–Kier alpha value is -1.95. The Labute approximate surface area is 86.5 Å². The van der Waals surface area contributed by atoms with Crippen LogP contribution in [0.3, 0.4) is 0 Å². The zero-order chi connectivity index (χ0) is 11.4. The number of amides is 1. The van der Waals surface area contributed by atoms with Gasteiger partial charge in [0.15, 0.2) is 0 Å². The largest absolute Gasteiger partial charge is 0.477 e. The molecule has 0 aliphatic heterocycles. The van der Waals surface area contributed by atoms with Crippen LogP contribution >= 0.6 is 0 Å². The smallest absolute Gasteiger partial charge is 0.354 e. The van der Waals surface area contributed by atoms with Gasteiger partial charge in [0.25, 0.3) is 5.91 Å². The minimum Gasteiger partial charge on any atom is -0.477 e. The molecule has 1 amide bonds. The Morgan fingerprint density at radius 1 is 1.47 bits per heavy atom. The van der Waals surface area contributed by atoms with Gasteiger partial charge in [-0.1, -0.05) is 0 Å². The second-order valence-corrected chi connectivity index (χ2v) is 3.07.